The van der Waals surface area contributed by atoms with E-state index in [1.54, 1.807) is 12.1 Å². The van der Waals surface area contributed by atoms with Crippen LogP contribution in [0.5, 0.6) is 5.75 Å². The predicted octanol–water partition coefficient (Wildman–Crippen LogP) is 2.43. The minimum Gasteiger partial charge on any atom is -0.494 e. The van der Waals surface area contributed by atoms with Gasteiger partial charge in [-0.1, -0.05) is 0 Å². The van der Waals surface area contributed by atoms with Crippen LogP contribution in [0, 0.1) is 5.82 Å². The van der Waals surface area contributed by atoms with E-state index in [-0.39, 0.29) is 17.7 Å². The molecule has 88 valence electrons. The van der Waals surface area contributed by atoms with Gasteiger partial charge in [0, 0.05) is 24.9 Å². The van der Waals surface area contributed by atoms with Crippen LogP contribution in [0.3, 0.4) is 0 Å². The average Bonchev–Trinajstić information content (AvgIpc) is 2.81. The van der Waals surface area contributed by atoms with Crippen LogP contribution >= 0.6 is 0 Å². The van der Waals surface area contributed by atoms with Gasteiger partial charge < -0.3 is 14.8 Å². The second-order valence-electron chi connectivity index (χ2n) is 3.87. The number of anilines is 1. The second kappa shape index (κ2) is 5.16. The molecule has 16 heavy (non-hydrogen) atoms. The van der Waals surface area contributed by atoms with Crippen LogP contribution in [-0.4, -0.2) is 26.4 Å². The van der Waals surface area contributed by atoms with Gasteiger partial charge in [-0.15, -0.1) is 0 Å². The summed E-state index contributed by atoms with van der Waals surface area (Å²) in [5.41, 5.74) is 0.855. The van der Waals surface area contributed by atoms with Crippen molar-refractivity contribution in [3.05, 3.63) is 24.0 Å². The van der Waals surface area contributed by atoms with Crippen LogP contribution in [0.4, 0.5) is 10.1 Å². The molecule has 0 spiro atoms. The Hall–Kier alpha value is -1.29. The van der Waals surface area contributed by atoms with Crippen LogP contribution < -0.4 is 10.1 Å². The molecule has 1 fully saturated rings. The first kappa shape index (κ1) is 11.2. The zero-order valence-corrected chi connectivity index (χ0v) is 9.33. The lowest BCUT2D eigenvalue weighted by molar-refractivity contribution is 0.120. The number of ether oxygens (including phenoxy) is 2. The zero-order chi connectivity index (χ0) is 11.4. The summed E-state index contributed by atoms with van der Waals surface area (Å²) >= 11 is 0. The molecule has 1 aliphatic heterocycles. The van der Waals surface area contributed by atoms with E-state index < -0.39 is 0 Å². The van der Waals surface area contributed by atoms with Gasteiger partial charge in [-0.2, -0.15) is 0 Å². The third-order valence-corrected chi connectivity index (χ3v) is 2.71. The van der Waals surface area contributed by atoms with Gasteiger partial charge in [-0.3, -0.25) is 0 Å². The third-order valence-electron chi connectivity index (χ3n) is 2.71. The van der Waals surface area contributed by atoms with Crippen LogP contribution in [0.2, 0.25) is 0 Å². The first-order chi connectivity index (χ1) is 7.79. The zero-order valence-electron chi connectivity index (χ0n) is 9.33. The summed E-state index contributed by atoms with van der Waals surface area (Å²) in [6.45, 7) is 1.61. The molecule has 1 unspecified atom stereocenters. The van der Waals surface area contributed by atoms with Gasteiger partial charge in [-0.05, 0) is 25.0 Å². The van der Waals surface area contributed by atoms with E-state index in [4.69, 9.17) is 9.47 Å². The molecular formula is C12H16FNO2. The van der Waals surface area contributed by atoms with Gasteiger partial charge in [0.2, 0.25) is 0 Å². The summed E-state index contributed by atoms with van der Waals surface area (Å²) in [5, 5.41) is 3.22. The van der Waals surface area contributed by atoms with Crippen molar-refractivity contribution < 1.29 is 13.9 Å². The summed E-state index contributed by atoms with van der Waals surface area (Å²) in [6, 6.07) is 4.76. The van der Waals surface area contributed by atoms with Crippen molar-refractivity contribution in [1.82, 2.24) is 0 Å². The van der Waals surface area contributed by atoms with Crippen LogP contribution in [0.1, 0.15) is 12.8 Å². The monoisotopic (exact) mass is 225 g/mol. The molecule has 1 heterocycles. The van der Waals surface area contributed by atoms with Gasteiger partial charge in [0.05, 0.1) is 13.2 Å². The van der Waals surface area contributed by atoms with Crippen LogP contribution in [-0.2, 0) is 4.74 Å². The van der Waals surface area contributed by atoms with E-state index >= 15 is 0 Å². The van der Waals surface area contributed by atoms with Gasteiger partial charge in [-0.25, -0.2) is 4.39 Å². The standard InChI is InChI=1S/C12H16FNO2/c1-15-12-7-9(4-5-11(12)13)14-8-10-3-2-6-16-10/h4-5,7,10,14H,2-3,6,8H2,1H3. The smallest absolute Gasteiger partial charge is 0.165 e. The van der Waals surface area contributed by atoms with Crippen molar-refractivity contribution in [3.8, 4) is 5.75 Å². The third kappa shape index (κ3) is 2.64. The fraction of sp³-hybridized carbons (Fsp3) is 0.500. The van der Waals surface area contributed by atoms with Crippen LogP contribution in [0.15, 0.2) is 18.2 Å². The van der Waals surface area contributed by atoms with E-state index in [1.807, 2.05) is 0 Å². The molecule has 1 aliphatic rings. The largest absolute Gasteiger partial charge is 0.494 e. The van der Waals surface area contributed by atoms with Crippen molar-refractivity contribution in [3.63, 3.8) is 0 Å². The maximum atomic E-state index is 13.1. The summed E-state index contributed by atoms with van der Waals surface area (Å²) in [6.07, 6.45) is 2.49. The second-order valence-corrected chi connectivity index (χ2v) is 3.87. The summed E-state index contributed by atoms with van der Waals surface area (Å²) in [5.74, 6) is -0.0810. The fourth-order valence-electron chi connectivity index (χ4n) is 1.81. The number of hydrogen-bond acceptors (Lipinski definition) is 3. The highest BCUT2D eigenvalue weighted by atomic mass is 19.1. The van der Waals surface area contributed by atoms with Crippen LogP contribution in [0.25, 0.3) is 0 Å². The van der Waals surface area contributed by atoms with E-state index in [1.165, 1.54) is 13.2 Å². The first-order valence-electron chi connectivity index (χ1n) is 5.48. The van der Waals surface area contributed by atoms with Crippen molar-refractivity contribution in [2.24, 2.45) is 0 Å². The molecule has 0 saturated carbocycles. The number of benzene rings is 1. The van der Waals surface area contributed by atoms with E-state index in [0.717, 1.165) is 31.7 Å². The van der Waals surface area contributed by atoms with Crippen molar-refractivity contribution >= 4 is 5.69 Å². The lowest BCUT2D eigenvalue weighted by Crippen LogP contribution is -2.18. The van der Waals surface area contributed by atoms with Gasteiger partial charge in [0.25, 0.3) is 0 Å². The minimum atomic E-state index is -0.342. The topological polar surface area (TPSA) is 30.5 Å². The molecule has 0 aliphatic carbocycles. The lowest BCUT2D eigenvalue weighted by atomic mass is 10.2. The lowest BCUT2D eigenvalue weighted by Gasteiger charge is -2.12. The van der Waals surface area contributed by atoms with Crippen molar-refractivity contribution in [2.75, 3.05) is 25.6 Å². The molecule has 3 nitrogen and oxygen atoms in total. The van der Waals surface area contributed by atoms with Gasteiger partial charge in [0.15, 0.2) is 11.6 Å². The molecule has 1 aromatic carbocycles. The molecule has 0 aromatic heterocycles. The molecule has 1 aromatic rings. The van der Waals surface area contributed by atoms with E-state index in [9.17, 15) is 4.39 Å². The Morgan fingerprint density at radius 1 is 1.56 bits per heavy atom. The molecule has 2 rings (SSSR count). The number of rotatable bonds is 4. The normalized spacial score (nSPS) is 19.8. The predicted molar refractivity (Wildman–Crippen MR) is 60.4 cm³/mol. The quantitative estimate of drug-likeness (QED) is 0.853. The minimum absolute atomic E-state index is 0.261. The SMILES string of the molecule is COc1cc(NCC2CCCO2)ccc1F. The van der Waals surface area contributed by atoms with Crippen molar-refractivity contribution in [2.45, 2.75) is 18.9 Å². The Bertz CT molecular complexity index is 351. The molecule has 1 N–H and O–H groups in total. The maximum Gasteiger partial charge on any atom is 0.165 e. The Kier molecular flexibility index (Phi) is 3.62. The number of nitrogens with one attached hydrogen (secondary N) is 1. The summed E-state index contributed by atoms with van der Waals surface area (Å²) < 4.78 is 23.5. The molecule has 0 radical (unpaired) electrons. The highest BCUT2D eigenvalue weighted by Gasteiger charge is 2.15. The van der Waals surface area contributed by atoms with E-state index in [0.29, 0.717) is 0 Å². The Balaban J connectivity index is 1.93. The summed E-state index contributed by atoms with van der Waals surface area (Å²) in [4.78, 5) is 0. The van der Waals surface area contributed by atoms with E-state index in [2.05, 4.69) is 5.32 Å². The molecular weight excluding hydrogens is 209 g/mol. The molecule has 0 bridgehead atoms. The fourth-order valence-corrected chi connectivity index (χ4v) is 1.81. The van der Waals surface area contributed by atoms with Crippen molar-refractivity contribution in [1.29, 1.82) is 0 Å². The number of methoxy groups -OCH3 is 1. The first-order valence-corrected chi connectivity index (χ1v) is 5.48. The average molecular weight is 225 g/mol. The molecule has 1 saturated heterocycles. The molecule has 0 amide bonds. The summed E-state index contributed by atoms with van der Waals surface area (Å²) in [7, 11) is 1.46. The number of hydrogen-bond donors (Lipinski definition) is 1. The molecule has 1 atom stereocenters. The highest BCUT2D eigenvalue weighted by molar-refractivity contribution is 5.48. The molecule has 4 heteroatoms. The highest BCUT2D eigenvalue weighted by Crippen LogP contribution is 2.22. The van der Waals surface area contributed by atoms with Gasteiger partial charge in [0.1, 0.15) is 0 Å². The maximum absolute atomic E-state index is 13.1. The Morgan fingerprint density at radius 2 is 2.44 bits per heavy atom. The Morgan fingerprint density at radius 3 is 3.12 bits per heavy atom. The number of halogens is 1. The Labute approximate surface area is 94.6 Å². The van der Waals surface area contributed by atoms with Gasteiger partial charge >= 0.3 is 0 Å².